The summed E-state index contributed by atoms with van der Waals surface area (Å²) >= 11 is 1.16. The fourth-order valence-electron chi connectivity index (χ4n) is 2.38. The maximum Gasteiger partial charge on any atom is 0.346 e. The summed E-state index contributed by atoms with van der Waals surface area (Å²) in [6, 6.07) is 7.47. The largest absolute Gasteiger partial charge is 0.497 e. The number of methoxy groups -OCH3 is 1. The first-order valence-corrected chi connectivity index (χ1v) is 7.73. The average molecular weight is 329 g/mol. The van der Waals surface area contributed by atoms with Crippen molar-refractivity contribution in [1.82, 2.24) is 9.97 Å². The third-order valence-corrected chi connectivity index (χ3v) is 4.60. The molecule has 0 spiro atoms. The van der Waals surface area contributed by atoms with Gasteiger partial charge in [-0.25, -0.2) is 14.8 Å². The number of carboxylic acid groups (broad SMARTS) is 1. The second kappa shape index (κ2) is 5.85. The maximum atomic E-state index is 11.4. The number of carboxylic acids is 1. The summed E-state index contributed by atoms with van der Waals surface area (Å²) in [4.78, 5) is 21.1. The Labute approximate surface area is 136 Å². The Morgan fingerprint density at radius 1 is 1.30 bits per heavy atom. The molecular formula is C16H15N3O3S. The Balaban J connectivity index is 2.14. The number of aromatic carboxylic acids is 1. The van der Waals surface area contributed by atoms with E-state index in [0.717, 1.165) is 28.2 Å². The van der Waals surface area contributed by atoms with Crippen LogP contribution >= 0.6 is 11.3 Å². The molecule has 0 saturated heterocycles. The monoisotopic (exact) mass is 329 g/mol. The molecule has 118 valence electrons. The van der Waals surface area contributed by atoms with Gasteiger partial charge in [0, 0.05) is 11.8 Å². The van der Waals surface area contributed by atoms with Crippen LogP contribution in [-0.4, -0.2) is 28.2 Å². The number of hydrogen-bond acceptors (Lipinski definition) is 6. The second-order valence-electron chi connectivity index (χ2n) is 5.02. The van der Waals surface area contributed by atoms with Crippen molar-refractivity contribution in [2.75, 3.05) is 12.4 Å². The van der Waals surface area contributed by atoms with E-state index in [2.05, 4.69) is 15.3 Å². The number of fused-ring (bicyclic) bond motifs is 1. The molecule has 2 aromatic heterocycles. The molecule has 0 radical (unpaired) electrons. The van der Waals surface area contributed by atoms with Gasteiger partial charge in [0.2, 0.25) is 0 Å². The highest BCUT2D eigenvalue weighted by Crippen LogP contribution is 2.35. The molecule has 0 amide bonds. The number of ether oxygens (including phenoxy) is 1. The van der Waals surface area contributed by atoms with Gasteiger partial charge < -0.3 is 15.2 Å². The number of hydrogen-bond donors (Lipinski definition) is 2. The summed E-state index contributed by atoms with van der Waals surface area (Å²) in [6.45, 7) is 3.56. The molecular weight excluding hydrogens is 314 g/mol. The van der Waals surface area contributed by atoms with Crippen LogP contribution in [0.25, 0.3) is 10.2 Å². The van der Waals surface area contributed by atoms with E-state index >= 15 is 0 Å². The lowest BCUT2D eigenvalue weighted by molar-refractivity contribution is 0.0701. The summed E-state index contributed by atoms with van der Waals surface area (Å²) in [7, 11) is 1.61. The first-order chi connectivity index (χ1) is 11.0. The standard InChI is InChI=1S/C16H15N3O3S/c1-8-12-14(19-10-5-4-6-11(7-10)22-3)17-9(2)18-15(12)23-13(8)16(20)21/h4-7H,1-3H3,(H,20,21)(H,17,18,19). The van der Waals surface area contributed by atoms with Gasteiger partial charge in [-0.2, -0.15) is 0 Å². The number of nitrogens with zero attached hydrogens (tertiary/aromatic N) is 2. The molecule has 0 unspecified atom stereocenters. The van der Waals surface area contributed by atoms with Crippen LogP contribution in [0.15, 0.2) is 24.3 Å². The van der Waals surface area contributed by atoms with E-state index in [0.29, 0.717) is 22.0 Å². The molecule has 0 atom stereocenters. The number of thiophene rings is 1. The van der Waals surface area contributed by atoms with Gasteiger partial charge in [-0.05, 0) is 31.5 Å². The molecule has 3 rings (SSSR count). The number of carbonyl (C=O) groups is 1. The zero-order valence-electron chi connectivity index (χ0n) is 12.9. The predicted octanol–water partition coefficient (Wildman–Crippen LogP) is 3.76. The van der Waals surface area contributed by atoms with Crippen molar-refractivity contribution in [2.45, 2.75) is 13.8 Å². The molecule has 3 aromatic rings. The summed E-state index contributed by atoms with van der Waals surface area (Å²) in [5.41, 5.74) is 1.48. The molecule has 2 heterocycles. The van der Waals surface area contributed by atoms with E-state index in [4.69, 9.17) is 4.74 Å². The predicted molar refractivity (Wildman–Crippen MR) is 90.1 cm³/mol. The van der Waals surface area contributed by atoms with Crippen LogP contribution in [0.3, 0.4) is 0 Å². The first-order valence-electron chi connectivity index (χ1n) is 6.91. The molecule has 0 saturated carbocycles. The van der Waals surface area contributed by atoms with Gasteiger partial charge in [0.25, 0.3) is 0 Å². The van der Waals surface area contributed by atoms with Crippen molar-refractivity contribution >= 4 is 39.0 Å². The highest BCUT2D eigenvalue weighted by molar-refractivity contribution is 7.20. The molecule has 7 heteroatoms. The van der Waals surface area contributed by atoms with Crippen molar-refractivity contribution < 1.29 is 14.6 Å². The molecule has 2 N–H and O–H groups in total. The zero-order chi connectivity index (χ0) is 16.6. The molecule has 23 heavy (non-hydrogen) atoms. The van der Waals surface area contributed by atoms with Crippen LogP contribution in [0, 0.1) is 13.8 Å². The molecule has 0 aliphatic heterocycles. The summed E-state index contributed by atoms with van der Waals surface area (Å²) in [6.07, 6.45) is 0. The molecule has 1 aromatic carbocycles. The first kappa shape index (κ1) is 15.2. The van der Waals surface area contributed by atoms with Gasteiger partial charge in [-0.3, -0.25) is 0 Å². The fourth-order valence-corrected chi connectivity index (χ4v) is 3.44. The topological polar surface area (TPSA) is 84.3 Å². The minimum Gasteiger partial charge on any atom is -0.497 e. The lowest BCUT2D eigenvalue weighted by Gasteiger charge is -2.09. The Hall–Kier alpha value is -2.67. The molecule has 6 nitrogen and oxygen atoms in total. The van der Waals surface area contributed by atoms with Crippen molar-refractivity contribution in [1.29, 1.82) is 0 Å². The van der Waals surface area contributed by atoms with Gasteiger partial charge in [-0.1, -0.05) is 6.07 Å². The third kappa shape index (κ3) is 2.83. The van der Waals surface area contributed by atoms with E-state index in [9.17, 15) is 9.90 Å². The maximum absolute atomic E-state index is 11.4. The van der Waals surface area contributed by atoms with Gasteiger partial charge in [-0.15, -0.1) is 11.3 Å². The van der Waals surface area contributed by atoms with E-state index in [1.54, 1.807) is 21.0 Å². The van der Waals surface area contributed by atoms with Gasteiger partial charge in [0.05, 0.1) is 12.5 Å². The molecule has 0 fully saturated rings. The van der Waals surface area contributed by atoms with Crippen LogP contribution in [0.2, 0.25) is 0 Å². The lowest BCUT2D eigenvalue weighted by Crippen LogP contribution is -1.99. The number of aromatic nitrogens is 2. The number of rotatable bonds is 4. The van der Waals surface area contributed by atoms with Crippen LogP contribution in [0.5, 0.6) is 5.75 Å². The van der Waals surface area contributed by atoms with Crippen LogP contribution < -0.4 is 10.1 Å². The van der Waals surface area contributed by atoms with Gasteiger partial charge in [0.15, 0.2) is 0 Å². The number of benzene rings is 1. The van der Waals surface area contributed by atoms with E-state index in [-0.39, 0.29) is 4.88 Å². The quantitative estimate of drug-likeness (QED) is 0.758. The summed E-state index contributed by atoms with van der Waals surface area (Å²) in [5.74, 6) is 0.962. The second-order valence-corrected chi connectivity index (χ2v) is 6.02. The Kier molecular flexibility index (Phi) is 3.87. The van der Waals surface area contributed by atoms with E-state index < -0.39 is 5.97 Å². The molecule has 0 aliphatic carbocycles. The Morgan fingerprint density at radius 3 is 2.78 bits per heavy atom. The third-order valence-electron chi connectivity index (χ3n) is 3.43. The van der Waals surface area contributed by atoms with Crippen LogP contribution in [0.4, 0.5) is 11.5 Å². The number of nitrogens with one attached hydrogen (secondary N) is 1. The SMILES string of the molecule is COc1cccc(Nc2nc(C)nc3sc(C(=O)O)c(C)c23)c1. The lowest BCUT2D eigenvalue weighted by atomic mass is 10.2. The van der Waals surface area contributed by atoms with E-state index in [1.807, 2.05) is 24.3 Å². The number of anilines is 2. The van der Waals surface area contributed by atoms with Crippen molar-refractivity contribution in [3.63, 3.8) is 0 Å². The minimum atomic E-state index is -0.949. The summed E-state index contributed by atoms with van der Waals surface area (Å²) < 4.78 is 5.21. The zero-order valence-corrected chi connectivity index (χ0v) is 13.7. The molecule has 0 aliphatic rings. The number of aryl methyl sites for hydroxylation is 2. The van der Waals surface area contributed by atoms with Crippen molar-refractivity contribution in [3.05, 3.63) is 40.5 Å². The average Bonchev–Trinajstić information content (AvgIpc) is 2.84. The Bertz CT molecular complexity index is 905. The van der Waals surface area contributed by atoms with Gasteiger partial charge >= 0.3 is 5.97 Å². The van der Waals surface area contributed by atoms with Crippen molar-refractivity contribution in [3.8, 4) is 5.75 Å². The van der Waals surface area contributed by atoms with Crippen molar-refractivity contribution in [2.24, 2.45) is 0 Å². The highest BCUT2D eigenvalue weighted by Gasteiger charge is 2.19. The van der Waals surface area contributed by atoms with Crippen LogP contribution in [-0.2, 0) is 0 Å². The van der Waals surface area contributed by atoms with Crippen LogP contribution in [0.1, 0.15) is 21.1 Å². The smallest absolute Gasteiger partial charge is 0.346 e. The summed E-state index contributed by atoms with van der Waals surface area (Å²) in [5, 5.41) is 13.3. The minimum absolute atomic E-state index is 0.286. The Morgan fingerprint density at radius 2 is 2.09 bits per heavy atom. The fraction of sp³-hybridized carbons (Fsp3) is 0.188. The highest BCUT2D eigenvalue weighted by atomic mass is 32.1. The molecule has 0 bridgehead atoms. The normalized spacial score (nSPS) is 10.7. The van der Waals surface area contributed by atoms with Gasteiger partial charge in [0.1, 0.15) is 27.1 Å². The van der Waals surface area contributed by atoms with E-state index in [1.165, 1.54) is 0 Å².